The zero-order valence-electron chi connectivity index (χ0n) is 10.7. The first-order valence-electron chi connectivity index (χ1n) is 5.67. The van der Waals surface area contributed by atoms with E-state index in [1.54, 1.807) is 0 Å². The van der Waals surface area contributed by atoms with E-state index in [2.05, 4.69) is 25.6 Å². The van der Waals surface area contributed by atoms with E-state index in [1.165, 1.54) is 18.1 Å². The summed E-state index contributed by atoms with van der Waals surface area (Å²) in [4.78, 5) is 23.0. The minimum Gasteiger partial charge on any atom is -0.468 e. The second-order valence-electron chi connectivity index (χ2n) is 3.91. The Hall–Kier alpha value is -1.99. The first-order valence-corrected chi connectivity index (χ1v) is 5.67. The molecular formula is C10H17N5O3. The molecule has 8 nitrogen and oxygen atoms in total. The van der Waals surface area contributed by atoms with Crippen LogP contribution in [0.15, 0.2) is 6.33 Å². The van der Waals surface area contributed by atoms with Gasteiger partial charge in [0.05, 0.1) is 7.11 Å². The molecule has 1 N–H and O–H groups in total. The Labute approximate surface area is 105 Å². The SMILES string of the molecule is CCC(C)C(C(=O)NCC(=O)OC)n1cnnn1. The van der Waals surface area contributed by atoms with E-state index in [0.29, 0.717) is 0 Å². The van der Waals surface area contributed by atoms with E-state index in [1.807, 2.05) is 13.8 Å². The van der Waals surface area contributed by atoms with Crippen LogP contribution in [0.2, 0.25) is 0 Å². The molecule has 1 heterocycles. The van der Waals surface area contributed by atoms with Gasteiger partial charge in [-0.15, -0.1) is 5.10 Å². The van der Waals surface area contributed by atoms with Gasteiger partial charge in [0, 0.05) is 0 Å². The lowest BCUT2D eigenvalue weighted by Crippen LogP contribution is -2.39. The minimum absolute atomic E-state index is 0.0474. The van der Waals surface area contributed by atoms with Gasteiger partial charge in [0.2, 0.25) is 5.91 Å². The molecule has 100 valence electrons. The van der Waals surface area contributed by atoms with E-state index in [-0.39, 0.29) is 18.4 Å². The number of hydrogen-bond donors (Lipinski definition) is 1. The second kappa shape index (κ2) is 6.67. The first kappa shape index (κ1) is 14.1. The van der Waals surface area contributed by atoms with Gasteiger partial charge in [0.15, 0.2) is 0 Å². The summed E-state index contributed by atoms with van der Waals surface area (Å²) in [6.45, 7) is 3.73. The highest BCUT2D eigenvalue weighted by Gasteiger charge is 2.27. The number of methoxy groups -OCH3 is 1. The standard InChI is InChI=1S/C10H17N5O3/c1-4-7(2)9(15-6-12-13-14-15)10(17)11-5-8(16)18-3/h6-7,9H,4-5H2,1-3H3,(H,11,17). The number of carbonyl (C=O) groups excluding carboxylic acids is 2. The molecule has 0 spiro atoms. The van der Waals surface area contributed by atoms with Crippen molar-refractivity contribution in [1.29, 1.82) is 0 Å². The number of hydrogen-bond acceptors (Lipinski definition) is 6. The first-order chi connectivity index (χ1) is 8.60. The number of carbonyl (C=O) groups is 2. The summed E-state index contributed by atoms with van der Waals surface area (Å²) in [6.07, 6.45) is 2.17. The van der Waals surface area contributed by atoms with Gasteiger partial charge in [-0.1, -0.05) is 20.3 Å². The highest BCUT2D eigenvalue weighted by atomic mass is 16.5. The Balaban J connectivity index is 2.72. The summed E-state index contributed by atoms with van der Waals surface area (Å²) >= 11 is 0. The topological polar surface area (TPSA) is 99.0 Å². The number of esters is 1. The van der Waals surface area contributed by atoms with Crippen LogP contribution in [-0.4, -0.2) is 45.7 Å². The number of rotatable bonds is 6. The summed E-state index contributed by atoms with van der Waals surface area (Å²) in [5.74, 6) is -0.754. The molecule has 0 bridgehead atoms. The highest BCUT2D eigenvalue weighted by Crippen LogP contribution is 2.19. The smallest absolute Gasteiger partial charge is 0.325 e. The average Bonchev–Trinajstić information content (AvgIpc) is 2.89. The number of nitrogens with one attached hydrogen (secondary N) is 1. The van der Waals surface area contributed by atoms with Crippen molar-refractivity contribution in [2.45, 2.75) is 26.3 Å². The van der Waals surface area contributed by atoms with Gasteiger partial charge in [-0.2, -0.15) is 0 Å². The number of amides is 1. The molecule has 1 amide bonds. The van der Waals surface area contributed by atoms with Gasteiger partial charge in [0.25, 0.3) is 0 Å². The predicted molar refractivity (Wildman–Crippen MR) is 61.3 cm³/mol. The molecule has 18 heavy (non-hydrogen) atoms. The summed E-state index contributed by atoms with van der Waals surface area (Å²) in [5.41, 5.74) is 0. The van der Waals surface area contributed by atoms with Crippen LogP contribution in [0.3, 0.4) is 0 Å². The van der Waals surface area contributed by atoms with Crippen molar-refractivity contribution in [3.05, 3.63) is 6.33 Å². The molecule has 2 unspecified atom stereocenters. The van der Waals surface area contributed by atoms with Crippen LogP contribution in [0, 0.1) is 5.92 Å². The number of aromatic nitrogens is 4. The zero-order chi connectivity index (χ0) is 13.5. The summed E-state index contributed by atoms with van der Waals surface area (Å²) < 4.78 is 5.85. The average molecular weight is 255 g/mol. The molecule has 0 aromatic carbocycles. The minimum atomic E-state index is -0.533. The Kier molecular flexibility index (Phi) is 5.22. The fourth-order valence-corrected chi connectivity index (χ4v) is 1.49. The molecule has 0 saturated carbocycles. The largest absolute Gasteiger partial charge is 0.468 e. The molecule has 1 rings (SSSR count). The van der Waals surface area contributed by atoms with Crippen molar-refractivity contribution in [3.63, 3.8) is 0 Å². The van der Waals surface area contributed by atoms with Gasteiger partial charge in [-0.3, -0.25) is 9.59 Å². The monoisotopic (exact) mass is 255 g/mol. The van der Waals surface area contributed by atoms with E-state index in [0.717, 1.165) is 6.42 Å². The van der Waals surface area contributed by atoms with Crippen LogP contribution in [0.1, 0.15) is 26.3 Å². The van der Waals surface area contributed by atoms with Crippen molar-refractivity contribution in [1.82, 2.24) is 25.5 Å². The van der Waals surface area contributed by atoms with Crippen LogP contribution in [0.5, 0.6) is 0 Å². The van der Waals surface area contributed by atoms with E-state index in [4.69, 9.17) is 0 Å². The number of ether oxygens (including phenoxy) is 1. The third-order valence-corrected chi connectivity index (χ3v) is 2.74. The maximum absolute atomic E-state index is 12.0. The summed E-state index contributed by atoms with van der Waals surface area (Å²) in [7, 11) is 1.27. The van der Waals surface area contributed by atoms with Crippen LogP contribution in [-0.2, 0) is 14.3 Å². The summed E-state index contributed by atoms with van der Waals surface area (Å²) in [6, 6.07) is -0.533. The van der Waals surface area contributed by atoms with Crippen molar-refractivity contribution in [2.24, 2.45) is 5.92 Å². The fraction of sp³-hybridized carbons (Fsp3) is 0.700. The van der Waals surface area contributed by atoms with Gasteiger partial charge < -0.3 is 10.1 Å². The van der Waals surface area contributed by atoms with Crippen molar-refractivity contribution in [2.75, 3.05) is 13.7 Å². The Bertz CT molecular complexity index is 392. The van der Waals surface area contributed by atoms with Gasteiger partial charge >= 0.3 is 5.97 Å². The zero-order valence-corrected chi connectivity index (χ0v) is 10.7. The van der Waals surface area contributed by atoms with E-state index >= 15 is 0 Å². The van der Waals surface area contributed by atoms with E-state index < -0.39 is 12.0 Å². The van der Waals surface area contributed by atoms with Gasteiger partial charge in [0.1, 0.15) is 18.9 Å². The molecule has 8 heteroatoms. The lowest BCUT2D eigenvalue weighted by atomic mass is 9.98. The quantitative estimate of drug-likeness (QED) is 0.691. The molecule has 0 saturated heterocycles. The summed E-state index contributed by atoms with van der Waals surface area (Å²) in [5, 5.41) is 13.3. The molecule has 0 radical (unpaired) electrons. The third kappa shape index (κ3) is 3.51. The van der Waals surface area contributed by atoms with Crippen molar-refractivity contribution >= 4 is 11.9 Å². The molecule has 0 fully saturated rings. The normalized spacial score (nSPS) is 13.7. The Morgan fingerprint density at radius 1 is 1.50 bits per heavy atom. The van der Waals surface area contributed by atoms with Crippen LogP contribution in [0.25, 0.3) is 0 Å². The number of tetrazole rings is 1. The molecule has 0 aliphatic rings. The van der Waals surface area contributed by atoms with Crippen LogP contribution < -0.4 is 5.32 Å². The number of nitrogens with zero attached hydrogens (tertiary/aromatic N) is 4. The Morgan fingerprint density at radius 3 is 2.72 bits per heavy atom. The predicted octanol–water partition coefficient (Wildman–Crippen LogP) is -0.450. The molecule has 0 aliphatic heterocycles. The van der Waals surface area contributed by atoms with E-state index in [9.17, 15) is 9.59 Å². The Morgan fingerprint density at radius 2 is 2.22 bits per heavy atom. The maximum atomic E-state index is 12.0. The lowest BCUT2D eigenvalue weighted by Gasteiger charge is -2.21. The van der Waals surface area contributed by atoms with Crippen LogP contribution >= 0.6 is 0 Å². The molecular weight excluding hydrogens is 238 g/mol. The van der Waals surface area contributed by atoms with Gasteiger partial charge in [-0.25, -0.2) is 4.68 Å². The third-order valence-electron chi connectivity index (χ3n) is 2.74. The maximum Gasteiger partial charge on any atom is 0.325 e. The molecule has 2 atom stereocenters. The van der Waals surface area contributed by atoms with Gasteiger partial charge in [-0.05, 0) is 16.3 Å². The fourth-order valence-electron chi connectivity index (χ4n) is 1.49. The highest BCUT2D eigenvalue weighted by molar-refractivity contribution is 5.84. The van der Waals surface area contributed by atoms with Crippen LogP contribution in [0.4, 0.5) is 0 Å². The molecule has 1 aromatic rings. The lowest BCUT2D eigenvalue weighted by molar-refractivity contribution is -0.141. The molecule has 0 aliphatic carbocycles. The van der Waals surface area contributed by atoms with Crippen molar-refractivity contribution in [3.8, 4) is 0 Å². The van der Waals surface area contributed by atoms with Crippen molar-refractivity contribution < 1.29 is 14.3 Å². The molecule has 1 aromatic heterocycles. The second-order valence-corrected chi connectivity index (χ2v) is 3.91.